The molecule has 0 bridgehead atoms. The lowest BCUT2D eigenvalue weighted by molar-refractivity contribution is -0.138. The number of carboxylic acid groups (broad SMARTS) is 1. The van der Waals surface area contributed by atoms with Crippen LogP contribution in [0, 0.1) is 17.0 Å². The number of pyridine rings is 1. The van der Waals surface area contributed by atoms with E-state index in [9.17, 15) is 19.4 Å². The van der Waals surface area contributed by atoms with E-state index >= 15 is 4.39 Å². The van der Waals surface area contributed by atoms with E-state index in [0.29, 0.717) is 36.4 Å². The Morgan fingerprint density at radius 3 is 2.59 bits per heavy atom. The Hall–Kier alpha value is -4.94. The van der Waals surface area contributed by atoms with Crippen LogP contribution in [0.15, 0.2) is 47.6 Å². The first-order chi connectivity index (χ1) is 18.5. The van der Waals surface area contributed by atoms with E-state index in [1.54, 1.807) is 26.2 Å². The summed E-state index contributed by atoms with van der Waals surface area (Å²) in [5, 5.41) is 27.0. The fourth-order valence-corrected chi connectivity index (χ4v) is 3.79. The molecular weight excluding hydrogens is 514 g/mol. The Morgan fingerprint density at radius 2 is 1.95 bits per heavy atom. The molecule has 1 aliphatic rings. The second-order valence-electron chi connectivity index (χ2n) is 8.79. The van der Waals surface area contributed by atoms with Gasteiger partial charge in [-0.25, -0.2) is 14.2 Å². The van der Waals surface area contributed by atoms with Gasteiger partial charge in [-0.15, -0.1) is 0 Å². The number of anilines is 1. The molecule has 2 heterocycles. The molecule has 3 aromatic rings. The molecule has 1 atom stereocenters. The molecule has 0 radical (unpaired) electrons. The Kier molecular flexibility index (Phi) is 7.51. The molecule has 0 spiro atoms. The van der Waals surface area contributed by atoms with Gasteiger partial charge in [0.25, 0.3) is 5.88 Å². The third-order valence-corrected chi connectivity index (χ3v) is 6.20. The zero-order valence-corrected chi connectivity index (χ0v) is 21.3. The van der Waals surface area contributed by atoms with Gasteiger partial charge in [0.15, 0.2) is 17.3 Å². The number of amidine groups is 2. The molecule has 4 rings (SSSR count). The number of hydrogen-bond donors (Lipinski definition) is 4. The summed E-state index contributed by atoms with van der Waals surface area (Å²) in [6.45, 7) is 2.63. The molecule has 0 aliphatic carbocycles. The van der Waals surface area contributed by atoms with E-state index in [2.05, 4.69) is 9.98 Å². The summed E-state index contributed by atoms with van der Waals surface area (Å²) in [4.78, 5) is 23.0. The van der Waals surface area contributed by atoms with E-state index in [1.807, 2.05) is 4.90 Å². The smallest absolute Gasteiger partial charge is 0.326 e. The summed E-state index contributed by atoms with van der Waals surface area (Å²) in [6.07, 6.45) is 0.704. The number of nitrogens with one attached hydrogen (secondary N) is 1. The summed E-state index contributed by atoms with van der Waals surface area (Å²) in [6, 6.07) is 7.60. The maximum absolute atomic E-state index is 15.5. The van der Waals surface area contributed by atoms with Crippen LogP contribution in [0.3, 0.4) is 0 Å². The number of aliphatic imine (C=N–C) groups is 1. The molecule has 13 heteroatoms. The molecular formula is C26H26F2N6O5. The highest BCUT2D eigenvalue weighted by Crippen LogP contribution is 2.38. The summed E-state index contributed by atoms with van der Waals surface area (Å²) >= 11 is 0. The number of phenols is 1. The molecule has 204 valence electrons. The minimum absolute atomic E-state index is 0.0546. The lowest BCUT2D eigenvalue weighted by atomic mass is 10.1. The predicted octanol–water partition coefficient (Wildman–Crippen LogP) is 3.54. The van der Waals surface area contributed by atoms with Crippen molar-refractivity contribution < 1.29 is 33.3 Å². The van der Waals surface area contributed by atoms with Crippen LogP contribution in [0.2, 0.25) is 0 Å². The van der Waals surface area contributed by atoms with Crippen molar-refractivity contribution in [3.05, 3.63) is 65.4 Å². The van der Waals surface area contributed by atoms with Crippen molar-refractivity contribution in [1.82, 2.24) is 9.88 Å². The number of likely N-dealkylation sites (N-methyl/N-ethyl adjacent to an activating group) is 2. The standard InChI is InChI=1S/C26H26F2N6O5/c1-13(26(36)37)34(3)15-5-7-19(16(11-15)24-31-8-9-33(24)2)38-22-17(27)12-32-25(21(22)28)39-20-10-14(23(29)30)4-6-18(20)35/h4-7,10-13,35H,8-9H2,1-3H3,(H3,29,30)(H,36,37). The number of hydrogen-bond acceptors (Lipinski definition) is 9. The van der Waals surface area contributed by atoms with Gasteiger partial charge in [0.05, 0.1) is 18.3 Å². The second-order valence-corrected chi connectivity index (χ2v) is 8.79. The number of halogens is 2. The monoisotopic (exact) mass is 540 g/mol. The number of carbonyl (C=O) groups is 1. The van der Waals surface area contributed by atoms with Gasteiger partial charge >= 0.3 is 5.97 Å². The maximum atomic E-state index is 15.5. The number of aliphatic carboxylic acids is 1. The molecule has 0 fully saturated rings. The van der Waals surface area contributed by atoms with Crippen LogP contribution in [-0.4, -0.2) is 71.0 Å². The van der Waals surface area contributed by atoms with E-state index in [-0.39, 0.29) is 28.6 Å². The Balaban J connectivity index is 1.74. The SMILES string of the molecule is CC(C(=O)O)N(C)c1ccc(Oc2c(F)cnc(Oc3cc(C(=N)N)ccc3O)c2F)c(C2=NCCN2C)c1. The molecule has 2 aromatic carbocycles. The van der Waals surface area contributed by atoms with Crippen molar-refractivity contribution in [2.24, 2.45) is 10.7 Å². The second kappa shape index (κ2) is 10.8. The average molecular weight is 541 g/mol. The number of phenolic OH excluding ortho intramolecular Hbond substituents is 1. The Labute approximate surface area is 222 Å². The third kappa shape index (κ3) is 5.51. The maximum Gasteiger partial charge on any atom is 0.326 e. The number of ether oxygens (including phenoxy) is 2. The third-order valence-electron chi connectivity index (χ3n) is 6.20. The zero-order valence-electron chi connectivity index (χ0n) is 21.3. The highest BCUT2D eigenvalue weighted by molar-refractivity contribution is 6.03. The van der Waals surface area contributed by atoms with Gasteiger partial charge in [-0.05, 0) is 43.3 Å². The van der Waals surface area contributed by atoms with Gasteiger partial charge in [0.1, 0.15) is 23.5 Å². The highest BCUT2D eigenvalue weighted by Gasteiger charge is 2.26. The summed E-state index contributed by atoms with van der Waals surface area (Å²) in [5.74, 6) is -5.32. The topological polar surface area (TPSA) is 158 Å². The fourth-order valence-electron chi connectivity index (χ4n) is 3.79. The first kappa shape index (κ1) is 27.1. The van der Waals surface area contributed by atoms with Crippen LogP contribution >= 0.6 is 0 Å². The molecule has 0 saturated heterocycles. The van der Waals surface area contributed by atoms with Gasteiger partial charge in [-0.3, -0.25) is 10.4 Å². The van der Waals surface area contributed by atoms with Crippen molar-refractivity contribution in [1.29, 1.82) is 5.41 Å². The number of aromatic nitrogens is 1. The van der Waals surface area contributed by atoms with E-state index in [4.69, 9.17) is 20.6 Å². The van der Waals surface area contributed by atoms with Crippen LogP contribution in [-0.2, 0) is 4.79 Å². The minimum atomic E-state index is -1.28. The van der Waals surface area contributed by atoms with Gasteiger partial charge < -0.3 is 35.2 Å². The summed E-state index contributed by atoms with van der Waals surface area (Å²) in [5.41, 5.74) is 6.58. The van der Waals surface area contributed by atoms with Gasteiger partial charge in [-0.1, -0.05) is 0 Å². The van der Waals surface area contributed by atoms with E-state index in [0.717, 1.165) is 0 Å². The molecule has 1 unspecified atom stereocenters. The van der Waals surface area contributed by atoms with Crippen molar-refractivity contribution in [3.63, 3.8) is 0 Å². The first-order valence-electron chi connectivity index (χ1n) is 11.7. The number of nitrogens with two attached hydrogens (primary N) is 1. The Bertz CT molecular complexity index is 1480. The molecule has 1 aromatic heterocycles. The van der Waals surface area contributed by atoms with Crippen LogP contribution in [0.5, 0.6) is 28.9 Å². The minimum Gasteiger partial charge on any atom is -0.504 e. The number of rotatable bonds is 9. The number of nitrogen functional groups attached to an aromatic ring is 1. The molecule has 0 amide bonds. The lowest BCUT2D eigenvalue weighted by Crippen LogP contribution is -2.36. The largest absolute Gasteiger partial charge is 0.504 e. The molecule has 11 nitrogen and oxygen atoms in total. The number of aromatic hydroxyl groups is 1. The zero-order chi connectivity index (χ0) is 28.4. The quantitative estimate of drug-likeness (QED) is 0.235. The van der Waals surface area contributed by atoms with E-state index < -0.39 is 35.3 Å². The molecule has 0 saturated carbocycles. The van der Waals surface area contributed by atoms with Crippen molar-refractivity contribution >= 4 is 23.3 Å². The number of nitrogens with zero attached hydrogens (tertiary/aromatic N) is 4. The molecule has 39 heavy (non-hydrogen) atoms. The van der Waals surface area contributed by atoms with Crippen molar-refractivity contribution in [2.75, 3.05) is 32.1 Å². The van der Waals surface area contributed by atoms with Gasteiger partial charge in [0.2, 0.25) is 11.6 Å². The normalized spacial score (nSPS) is 13.6. The van der Waals surface area contributed by atoms with Crippen molar-refractivity contribution in [2.45, 2.75) is 13.0 Å². The number of carboxylic acids is 1. The summed E-state index contributed by atoms with van der Waals surface area (Å²) < 4.78 is 41.4. The van der Waals surface area contributed by atoms with Crippen LogP contribution < -0.4 is 20.1 Å². The number of benzene rings is 2. The highest BCUT2D eigenvalue weighted by atomic mass is 19.1. The average Bonchev–Trinajstić information content (AvgIpc) is 3.33. The van der Waals surface area contributed by atoms with Gasteiger partial charge in [-0.2, -0.15) is 4.39 Å². The summed E-state index contributed by atoms with van der Waals surface area (Å²) in [7, 11) is 3.41. The first-order valence-corrected chi connectivity index (χ1v) is 11.7. The van der Waals surface area contributed by atoms with Gasteiger partial charge in [0, 0.05) is 31.9 Å². The molecule has 1 aliphatic heterocycles. The molecule has 5 N–H and O–H groups in total. The predicted molar refractivity (Wildman–Crippen MR) is 139 cm³/mol. The Morgan fingerprint density at radius 1 is 1.21 bits per heavy atom. The van der Waals surface area contributed by atoms with Crippen molar-refractivity contribution in [3.8, 4) is 28.9 Å². The van der Waals surface area contributed by atoms with Crippen LogP contribution in [0.1, 0.15) is 18.1 Å². The van der Waals surface area contributed by atoms with Crippen LogP contribution in [0.4, 0.5) is 14.5 Å². The fraction of sp³-hybridized carbons (Fsp3) is 0.231. The lowest BCUT2D eigenvalue weighted by Gasteiger charge is -2.26. The van der Waals surface area contributed by atoms with Crippen LogP contribution in [0.25, 0.3) is 0 Å². The van der Waals surface area contributed by atoms with E-state index in [1.165, 1.54) is 36.1 Å².